The Balaban J connectivity index is 2.89. The zero-order valence-electron chi connectivity index (χ0n) is 13.2. The summed E-state index contributed by atoms with van der Waals surface area (Å²) in [5.41, 5.74) is -1.08. The summed E-state index contributed by atoms with van der Waals surface area (Å²) in [4.78, 5) is 14.2. The molecule has 4 heteroatoms. The summed E-state index contributed by atoms with van der Waals surface area (Å²) in [6.07, 6.45) is 5.35. The highest BCUT2D eigenvalue weighted by Crippen LogP contribution is 2.37. The van der Waals surface area contributed by atoms with E-state index in [2.05, 4.69) is 25.5 Å². The summed E-state index contributed by atoms with van der Waals surface area (Å²) in [5.74, 6) is -0.251. The number of carbonyl (C=O) groups is 1. The van der Waals surface area contributed by atoms with Gasteiger partial charge in [0.1, 0.15) is 0 Å². The minimum Gasteiger partial charge on any atom is -0.481 e. The third kappa shape index (κ3) is 4.23. The number of carboxylic acids is 1. The Morgan fingerprint density at radius 1 is 1.40 bits per heavy atom. The quantitative estimate of drug-likeness (QED) is 0.548. The Kier molecular flexibility index (Phi) is 6.53. The highest BCUT2D eigenvalue weighted by molar-refractivity contribution is 5.78. The second-order valence-corrected chi connectivity index (χ2v) is 6.03. The number of aliphatic carboxylic acids is 1. The molecule has 1 aliphatic rings. The van der Waals surface area contributed by atoms with E-state index in [0.29, 0.717) is 12.2 Å². The van der Waals surface area contributed by atoms with Crippen LogP contribution >= 0.6 is 0 Å². The fourth-order valence-corrected chi connectivity index (χ4v) is 3.09. The Morgan fingerprint density at radius 2 is 2.00 bits per heavy atom. The van der Waals surface area contributed by atoms with Crippen molar-refractivity contribution in [2.75, 3.05) is 20.1 Å². The van der Waals surface area contributed by atoms with E-state index in [1.165, 1.54) is 0 Å². The van der Waals surface area contributed by atoms with E-state index in [4.69, 9.17) is 4.74 Å². The average Bonchev–Trinajstić information content (AvgIpc) is 2.38. The lowest BCUT2D eigenvalue weighted by Crippen LogP contribution is -2.51. The van der Waals surface area contributed by atoms with Crippen LogP contribution in [0.25, 0.3) is 0 Å². The molecule has 0 bridgehead atoms. The van der Waals surface area contributed by atoms with Crippen LogP contribution < -0.4 is 0 Å². The second kappa shape index (κ2) is 7.67. The molecule has 0 aromatic rings. The van der Waals surface area contributed by atoms with Crippen molar-refractivity contribution in [3.05, 3.63) is 12.3 Å². The van der Waals surface area contributed by atoms with Gasteiger partial charge in [0.05, 0.1) is 5.76 Å². The zero-order valence-corrected chi connectivity index (χ0v) is 13.2. The van der Waals surface area contributed by atoms with Crippen molar-refractivity contribution in [2.45, 2.75) is 58.0 Å². The molecular weight excluding hydrogens is 254 g/mol. The molecule has 1 N–H and O–H groups in total. The van der Waals surface area contributed by atoms with E-state index in [1.807, 2.05) is 0 Å². The van der Waals surface area contributed by atoms with Crippen molar-refractivity contribution < 1.29 is 14.6 Å². The number of hydrogen-bond donors (Lipinski definition) is 1. The van der Waals surface area contributed by atoms with Gasteiger partial charge in [0.15, 0.2) is 0 Å². The minimum absolute atomic E-state index is 0.0738. The largest absolute Gasteiger partial charge is 0.481 e. The topological polar surface area (TPSA) is 49.8 Å². The van der Waals surface area contributed by atoms with Crippen molar-refractivity contribution in [3.8, 4) is 0 Å². The first kappa shape index (κ1) is 17.0. The number of nitrogens with zero attached hydrogens (tertiary/aromatic N) is 1. The Morgan fingerprint density at radius 3 is 2.45 bits per heavy atom. The number of allylic oxidation sites excluding steroid dienone is 1. The fraction of sp³-hybridized carbons (Fsp3) is 0.812. The van der Waals surface area contributed by atoms with Gasteiger partial charge in [-0.05, 0) is 52.7 Å². The number of ether oxygens (including phenoxy) is 1. The molecule has 1 heterocycles. The lowest BCUT2D eigenvalue weighted by molar-refractivity contribution is -0.172. The summed E-state index contributed by atoms with van der Waals surface area (Å²) in [6, 6.07) is 0. The van der Waals surface area contributed by atoms with Gasteiger partial charge in [0.2, 0.25) is 5.60 Å². The standard InChI is InChI=1S/C16H29NO3/c1-5-6-7-10-16(15(18)19,20-13(2)3)14-8-11-17(4)12-9-14/h14H,2,5-12H2,1,3-4H3,(H,18,19). The molecule has 1 aliphatic heterocycles. The van der Waals surface area contributed by atoms with E-state index >= 15 is 0 Å². The minimum atomic E-state index is -1.08. The maximum atomic E-state index is 12.0. The molecule has 0 aliphatic carbocycles. The van der Waals surface area contributed by atoms with Crippen LogP contribution in [0.3, 0.4) is 0 Å². The Hall–Kier alpha value is -1.03. The molecule has 1 saturated heterocycles. The summed E-state index contributed by atoms with van der Waals surface area (Å²) < 4.78 is 5.81. The van der Waals surface area contributed by atoms with Crippen molar-refractivity contribution in [3.63, 3.8) is 0 Å². The predicted octanol–water partition coefficient (Wildman–Crippen LogP) is 3.28. The smallest absolute Gasteiger partial charge is 0.348 e. The summed E-state index contributed by atoms with van der Waals surface area (Å²) >= 11 is 0. The molecule has 0 spiro atoms. The van der Waals surface area contributed by atoms with Gasteiger partial charge in [-0.2, -0.15) is 0 Å². The van der Waals surface area contributed by atoms with E-state index in [-0.39, 0.29) is 5.92 Å². The molecular formula is C16H29NO3. The van der Waals surface area contributed by atoms with Gasteiger partial charge >= 0.3 is 5.97 Å². The first-order chi connectivity index (χ1) is 9.42. The van der Waals surface area contributed by atoms with Crippen molar-refractivity contribution in [2.24, 2.45) is 5.92 Å². The van der Waals surface area contributed by atoms with Crippen LogP contribution in [0.4, 0.5) is 0 Å². The van der Waals surface area contributed by atoms with Crippen molar-refractivity contribution in [1.82, 2.24) is 4.90 Å². The number of carboxylic acid groups (broad SMARTS) is 1. The van der Waals surface area contributed by atoms with E-state index < -0.39 is 11.6 Å². The van der Waals surface area contributed by atoms with Gasteiger partial charge < -0.3 is 14.7 Å². The predicted molar refractivity (Wildman–Crippen MR) is 80.6 cm³/mol. The maximum Gasteiger partial charge on any atom is 0.348 e. The molecule has 20 heavy (non-hydrogen) atoms. The second-order valence-electron chi connectivity index (χ2n) is 6.03. The first-order valence-electron chi connectivity index (χ1n) is 7.69. The lowest BCUT2D eigenvalue weighted by Gasteiger charge is -2.41. The van der Waals surface area contributed by atoms with Gasteiger partial charge in [0, 0.05) is 5.92 Å². The Labute approximate surface area is 122 Å². The van der Waals surface area contributed by atoms with Gasteiger partial charge in [-0.25, -0.2) is 4.79 Å². The first-order valence-corrected chi connectivity index (χ1v) is 7.69. The zero-order chi connectivity index (χ0) is 15.2. The van der Waals surface area contributed by atoms with Crippen LogP contribution in [-0.2, 0) is 9.53 Å². The molecule has 4 nitrogen and oxygen atoms in total. The number of likely N-dealkylation sites (tertiary alicyclic amines) is 1. The molecule has 0 aromatic carbocycles. The van der Waals surface area contributed by atoms with E-state index in [9.17, 15) is 9.90 Å². The Bertz CT molecular complexity index is 335. The summed E-state index contributed by atoms with van der Waals surface area (Å²) in [7, 11) is 2.08. The van der Waals surface area contributed by atoms with Gasteiger partial charge in [-0.1, -0.05) is 26.3 Å². The van der Waals surface area contributed by atoms with Gasteiger partial charge in [-0.15, -0.1) is 0 Å². The van der Waals surface area contributed by atoms with Crippen molar-refractivity contribution in [1.29, 1.82) is 0 Å². The van der Waals surface area contributed by atoms with E-state index in [0.717, 1.165) is 45.2 Å². The normalized spacial score (nSPS) is 20.4. The fourth-order valence-electron chi connectivity index (χ4n) is 3.09. The third-order valence-electron chi connectivity index (χ3n) is 4.25. The molecule has 1 atom stereocenters. The SMILES string of the molecule is C=C(C)OC(CCCCC)(C(=O)O)C1CCN(C)CC1. The summed E-state index contributed by atoms with van der Waals surface area (Å²) in [6.45, 7) is 9.50. The van der Waals surface area contributed by atoms with Crippen LogP contribution in [0, 0.1) is 5.92 Å². The van der Waals surface area contributed by atoms with E-state index in [1.54, 1.807) is 6.92 Å². The monoisotopic (exact) mass is 283 g/mol. The lowest BCUT2D eigenvalue weighted by atomic mass is 9.77. The van der Waals surface area contributed by atoms with Crippen molar-refractivity contribution >= 4 is 5.97 Å². The molecule has 1 rings (SSSR count). The molecule has 1 fully saturated rings. The highest BCUT2D eigenvalue weighted by Gasteiger charge is 2.48. The highest BCUT2D eigenvalue weighted by atomic mass is 16.5. The van der Waals surface area contributed by atoms with Gasteiger partial charge in [-0.3, -0.25) is 0 Å². The number of hydrogen-bond acceptors (Lipinski definition) is 3. The molecule has 0 amide bonds. The van der Waals surface area contributed by atoms with Crippen LogP contribution in [0.1, 0.15) is 52.4 Å². The molecule has 0 saturated carbocycles. The number of piperidine rings is 1. The maximum absolute atomic E-state index is 12.0. The number of unbranched alkanes of at least 4 members (excludes halogenated alkanes) is 2. The molecule has 1 unspecified atom stereocenters. The molecule has 0 aromatic heterocycles. The number of rotatable bonds is 8. The van der Waals surface area contributed by atoms with Crippen LogP contribution in [0.2, 0.25) is 0 Å². The van der Waals surface area contributed by atoms with Crippen LogP contribution in [0.15, 0.2) is 12.3 Å². The average molecular weight is 283 g/mol. The van der Waals surface area contributed by atoms with Crippen LogP contribution in [0.5, 0.6) is 0 Å². The summed E-state index contributed by atoms with van der Waals surface area (Å²) in [5, 5.41) is 9.81. The van der Waals surface area contributed by atoms with Crippen LogP contribution in [-0.4, -0.2) is 41.7 Å². The molecule has 116 valence electrons. The van der Waals surface area contributed by atoms with Gasteiger partial charge in [0.25, 0.3) is 0 Å². The molecule has 0 radical (unpaired) electrons. The third-order valence-corrected chi connectivity index (χ3v) is 4.25.